The second kappa shape index (κ2) is 19.2. The molecule has 6 unspecified atom stereocenters. The Kier molecular flexibility index (Phi) is 12.8. The Morgan fingerprint density at radius 1 is 0.500 bits per heavy atom. The van der Waals surface area contributed by atoms with Crippen LogP contribution in [0.5, 0.6) is 23.0 Å². The molecule has 428 valence electrons. The number of phenols is 2. The Balaban J connectivity index is 0.000000176. The molecule has 0 aliphatic heterocycles. The summed E-state index contributed by atoms with van der Waals surface area (Å²) in [6, 6.07) is 7.48. The van der Waals surface area contributed by atoms with Gasteiger partial charge in [-0.1, -0.05) is 30.4 Å². The Morgan fingerprint density at radius 3 is 1.31 bits per heavy atom. The van der Waals surface area contributed by atoms with E-state index in [-0.39, 0.29) is 64.2 Å². The molecule has 2 aromatic carbocycles. The SMILES string of the molecule is C/C=C/C=C/c1cc2cc3c(c(O)c2c(=O)[nH]1)C1(CC3)C(O)=c2c(=O)c3c(=O)cc(OC)c(=O)c=3c(=O)c2=C1O.COc1cc(=O)c2c(=O)c3c(c(=O)c=2c1=O)=C(O)C1(CCc2cc4cc(C(O)C(O)C(O)C(C)O)[nH]c(=O)c4c(O)c21)C=3O. The molecule has 2 heterocycles. The molecule has 24 nitrogen and oxygen atoms in total. The quantitative estimate of drug-likeness (QED) is 0.0665. The van der Waals surface area contributed by atoms with Crippen molar-refractivity contribution in [3.05, 3.63) is 233 Å². The Bertz CT molecular complexity index is 5440. The van der Waals surface area contributed by atoms with Crippen LogP contribution in [0.15, 0.2) is 103 Å². The van der Waals surface area contributed by atoms with Crippen LogP contribution in [0.3, 0.4) is 0 Å². The molecule has 0 fully saturated rings. The largest absolute Gasteiger partial charge is 0.510 e. The molecule has 8 aliphatic rings. The highest BCUT2D eigenvalue weighted by Crippen LogP contribution is 2.55. The van der Waals surface area contributed by atoms with E-state index in [2.05, 4.69) is 9.97 Å². The lowest BCUT2D eigenvalue weighted by atomic mass is 9.78. The third-order valence-electron chi connectivity index (χ3n) is 16.6. The standard InChI is InChI=1S/C30H25NO13.C30H21NO9/c1-8(32)20(34)26(40)21(35)11-6-10-5-9-3-4-30(19(9)25(39)14(10)29(43)31-11)27(41)17-18(28(30)42)24(38)16-15(23(17)37)12(33)7-13(44-2)22(16)36;1-3-4-5-6-14-10-13-9-12-7-8-30(22(12)26(36)17(13)29(39)31-14)27(37)20-21(28(30)38)25(35)19-18(24(20)34)15(32)11-16(40-2)23(19)33/h5-8,20-21,26,32,34-35,39-42H,3-4H2,1-2H3,(H,31,43);3-6,9-11,36-38H,7-8H2,1-2H3,(H,31,39)/b;4-3+,6-5+. The van der Waals surface area contributed by atoms with Gasteiger partial charge in [-0.3, -0.25) is 47.9 Å². The van der Waals surface area contributed by atoms with Gasteiger partial charge in [-0.25, -0.2) is 0 Å². The van der Waals surface area contributed by atoms with E-state index in [0.717, 1.165) is 26.4 Å². The van der Waals surface area contributed by atoms with E-state index < -0.39 is 178 Å². The van der Waals surface area contributed by atoms with Crippen LogP contribution in [0.1, 0.15) is 66.4 Å². The molecule has 0 radical (unpaired) electrons. The van der Waals surface area contributed by atoms with Crippen LogP contribution in [0, 0.1) is 20.9 Å². The lowest BCUT2D eigenvalue weighted by Gasteiger charge is -2.27. The van der Waals surface area contributed by atoms with Crippen molar-refractivity contribution in [2.75, 3.05) is 14.2 Å². The minimum atomic E-state index is -2.08. The third kappa shape index (κ3) is 7.26. The van der Waals surface area contributed by atoms with Crippen molar-refractivity contribution in [2.45, 2.75) is 74.8 Å². The number of aromatic amines is 2. The van der Waals surface area contributed by atoms with Gasteiger partial charge in [0.25, 0.3) is 11.1 Å². The summed E-state index contributed by atoms with van der Waals surface area (Å²) in [5.41, 5.74) is -13.5. The van der Waals surface area contributed by atoms with Crippen molar-refractivity contribution >= 4 is 50.7 Å². The van der Waals surface area contributed by atoms with E-state index in [1.165, 1.54) is 19.1 Å². The number of aromatic hydroxyl groups is 2. The number of hydrogen-bond acceptors (Lipinski definition) is 22. The molecule has 24 heteroatoms. The van der Waals surface area contributed by atoms with Crippen molar-refractivity contribution in [3.8, 4) is 23.0 Å². The zero-order chi connectivity index (χ0) is 60.8. The number of aryl methyl sites for hydroxylation is 2. The predicted molar refractivity (Wildman–Crippen MR) is 299 cm³/mol. The number of rotatable bonds is 8. The molecule has 84 heavy (non-hydrogen) atoms. The molecule has 6 atom stereocenters. The smallest absolute Gasteiger partial charge is 0.260 e. The first-order chi connectivity index (χ1) is 39.8. The molecule has 2 aromatic heterocycles. The average Bonchev–Trinajstić information content (AvgIpc) is 1.53. The Morgan fingerprint density at radius 2 is 0.905 bits per heavy atom. The maximum absolute atomic E-state index is 13.6. The number of nitrogens with one attached hydrogen (secondary N) is 2. The van der Waals surface area contributed by atoms with E-state index in [9.17, 15) is 99.0 Å². The van der Waals surface area contributed by atoms with Gasteiger partial charge in [-0.2, -0.15) is 0 Å². The fourth-order valence-electron chi connectivity index (χ4n) is 12.7. The van der Waals surface area contributed by atoms with Crippen LogP contribution in [0.2, 0.25) is 0 Å². The van der Waals surface area contributed by atoms with Gasteiger partial charge < -0.3 is 70.5 Å². The third-order valence-corrected chi connectivity index (χ3v) is 16.6. The maximum atomic E-state index is 13.6. The Labute approximate surface area is 464 Å². The highest BCUT2D eigenvalue weighted by molar-refractivity contribution is 5.96. The van der Waals surface area contributed by atoms with E-state index in [1.807, 2.05) is 13.0 Å². The van der Waals surface area contributed by atoms with E-state index in [4.69, 9.17) is 9.47 Å². The van der Waals surface area contributed by atoms with Gasteiger partial charge in [0.05, 0.1) is 78.5 Å². The first kappa shape index (κ1) is 55.8. The number of methoxy groups -OCH3 is 2. The molecule has 0 saturated carbocycles. The fraction of sp³-hybridized carbons (Fsp3) is 0.233. The van der Waals surface area contributed by atoms with Crippen LogP contribution in [0.25, 0.3) is 50.7 Å². The van der Waals surface area contributed by atoms with Gasteiger partial charge in [-0.05, 0) is 79.6 Å². The average molecular weight is 1150 g/mol. The van der Waals surface area contributed by atoms with E-state index in [1.54, 1.807) is 30.4 Å². The highest BCUT2D eigenvalue weighted by atomic mass is 16.5. The summed E-state index contributed by atoms with van der Waals surface area (Å²) >= 11 is 0. The number of allylic oxidation sites excluding steroid dienone is 3. The second-order valence-electron chi connectivity index (χ2n) is 20.9. The molecule has 8 aliphatic carbocycles. The predicted octanol–water partition coefficient (Wildman–Crippen LogP) is -3.25. The molecule has 0 saturated heterocycles. The molecular formula is C60H46N2O22. The van der Waals surface area contributed by atoms with Gasteiger partial charge in [-0.15, -0.1) is 0 Å². The monoisotopic (exact) mass is 1150 g/mol. The van der Waals surface area contributed by atoms with Crippen molar-refractivity contribution < 1.29 is 60.5 Å². The molecule has 12 N–H and O–H groups in total. The van der Waals surface area contributed by atoms with Gasteiger partial charge in [0, 0.05) is 29.0 Å². The summed E-state index contributed by atoms with van der Waals surface area (Å²) in [6.45, 7) is 3.03. The number of ether oxygens (including phenoxy) is 2. The number of benzene rings is 2. The van der Waals surface area contributed by atoms with Gasteiger partial charge >= 0.3 is 0 Å². The normalized spacial score (nSPS) is 19.2. The minimum absolute atomic E-state index is 0.0287. The Hall–Kier alpha value is -10.1. The molecule has 2 spiro atoms. The second-order valence-corrected chi connectivity index (χ2v) is 20.9. The van der Waals surface area contributed by atoms with Crippen molar-refractivity contribution in [1.29, 1.82) is 0 Å². The number of fused-ring (bicyclic) bond motifs is 8. The topological polar surface area (TPSA) is 423 Å². The summed E-state index contributed by atoms with van der Waals surface area (Å²) in [6.07, 6.45) is 0.0602. The van der Waals surface area contributed by atoms with Crippen molar-refractivity contribution in [2.24, 2.45) is 0 Å². The summed E-state index contributed by atoms with van der Waals surface area (Å²) in [4.78, 5) is 137. The molecule has 0 bridgehead atoms. The number of aliphatic hydroxyl groups excluding tert-OH is 8. The summed E-state index contributed by atoms with van der Waals surface area (Å²) < 4.78 is 9.75. The van der Waals surface area contributed by atoms with Crippen LogP contribution in [-0.2, 0) is 23.7 Å². The molecule has 0 amide bonds. The number of hydrogen-bond donors (Lipinski definition) is 12. The zero-order valence-electron chi connectivity index (χ0n) is 44.3. The number of pyridine rings is 2. The highest BCUT2D eigenvalue weighted by Gasteiger charge is 2.55. The lowest BCUT2D eigenvalue weighted by Crippen LogP contribution is -2.51. The first-order valence-electron chi connectivity index (χ1n) is 25.8. The number of H-pyrrole nitrogens is 2. The van der Waals surface area contributed by atoms with Gasteiger partial charge in [0.2, 0.25) is 32.6 Å². The van der Waals surface area contributed by atoms with E-state index in [0.29, 0.717) is 16.6 Å². The lowest BCUT2D eigenvalue weighted by molar-refractivity contribution is -0.102. The van der Waals surface area contributed by atoms with E-state index >= 15 is 0 Å². The zero-order valence-corrected chi connectivity index (χ0v) is 44.3. The number of aromatic nitrogens is 2. The maximum Gasteiger partial charge on any atom is 0.260 e. The summed E-state index contributed by atoms with van der Waals surface area (Å²) in [5, 5.41) is 103. The fourth-order valence-corrected chi connectivity index (χ4v) is 12.7. The number of aliphatic hydroxyl groups is 8. The van der Waals surface area contributed by atoms with Gasteiger partial charge in [0.15, 0.2) is 22.4 Å². The number of phenolic OH excluding ortho intramolecular Hbond substituents is 2. The van der Waals surface area contributed by atoms with Crippen LogP contribution < -0.4 is 84.9 Å². The van der Waals surface area contributed by atoms with Crippen molar-refractivity contribution in [3.63, 3.8) is 0 Å². The van der Waals surface area contributed by atoms with Crippen LogP contribution >= 0.6 is 0 Å². The van der Waals surface area contributed by atoms with Crippen LogP contribution in [-0.4, -0.2) is 93.6 Å². The van der Waals surface area contributed by atoms with Gasteiger partial charge in [0.1, 0.15) is 63.7 Å². The minimum Gasteiger partial charge on any atom is -0.510 e. The summed E-state index contributed by atoms with van der Waals surface area (Å²) in [5.74, 6) is -5.36. The van der Waals surface area contributed by atoms with Crippen molar-refractivity contribution in [1.82, 2.24) is 9.97 Å². The molecule has 12 rings (SSSR count). The summed E-state index contributed by atoms with van der Waals surface area (Å²) in [7, 11) is 2.22. The molecular weight excluding hydrogens is 1100 g/mol. The molecule has 4 aromatic rings. The first-order valence-corrected chi connectivity index (χ1v) is 25.8. The van der Waals surface area contributed by atoms with Crippen LogP contribution in [0.4, 0.5) is 0 Å².